The van der Waals surface area contributed by atoms with Crippen molar-refractivity contribution in [3.63, 3.8) is 0 Å². The van der Waals surface area contributed by atoms with Crippen molar-refractivity contribution in [2.75, 3.05) is 7.11 Å². The Labute approximate surface area is 91.4 Å². The molecule has 0 saturated carbocycles. The number of pyridine rings is 1. The average molecular weight is 219 g/mol. The molecule has 0 unspecified atom stereocenters. The second-order valence-electron chi connectivity index (χ2n) is 2.93. The summed E-state index contributed by atoms with van der Waals surface area (Å²) < 4.78 is 4.64. The summed E-state index contributed by atoms with van der Waals surface area (Å²) in [5, 5.41) is 3.96. The standard InChI is InChI=1S/C11H9NO2S/c1-14-11(13)8-2-4-12-10(6-8)9-3-5-15-7-9/h2-7H,1H3. The third-order valence-electron chi connectivity index (χ3n) is 2.00. The number of nitrogens with zero attached hydrogens (tertiary/aromatic N) is 1. The lowest BCUT2D eigenvalue weighted by atomic mass is 10.1. The van der Waals surface area contributed by atoms with E-state index in [0.29, 0.717) is 5.56 Å². The molecule has 76 valence electrons. The van der Waals surface area contributed by atoms with Crippen molar-refractivity contribution in [2.24, 2.45) is 0 Å². The number of carbonyl (C=O) groups is 1. The summed E-state index contributed by atoms with van der Waals surface area (Å²) in [6, 6.07) is 5.34. The maximum Gasteiger partial charge on any atom is 0.337 e. The summed E-state index contributed by atoms with van der Waals surface area (Å²) in [5.41, 5.74) is 2.33. The summed E-state index contributed by atoms with van der Waals surface area (Å²) in [6.07, 6.45) is 1.61. The van der Waals surface area contributed by atoms with Gasteiger partial charge in [0.1, 0.15) is 0 Å². The number of ether oxygens (including phenoxy) is 1. The van der Waals surface area contributed by atoms with E-state index in [1.807, 2.05) is 16.8 Å². The number of hydrogen-bond donors (Lipinski definition) is 0. The summed E-state index contributed by atoms with van der Waals surface area (Å²) in [4.78, 5) is 15.5. The minimum Gasteiger partial charge on any atom is -0.465 e. The van der Waals surface area contributed by atoms with Gasteiger partial charge in [-0.2, -0.15) is 11.3 Å². The molecule has 15 heavy (non-hydrogen) atoms. The van der Waals surface area contributed by atoms with Gasteiger partial charge in [-0.05, 0) is 23.6 Å². The SMILES string of the molecule is COC(=O)c1ccnc(-c2ccsc2)c1. The Hall–Kier alpha value is -1.68. The molecule has 0 N–H and O–H groups in total. The van der Waals surface area contributed by atoms with Gasteiger partial charge in [0, 0.05) is 17.1 Å². The van der Waals surface area contributed by atoms with E-state index in [1.165, 1.54) is 7.11 Å². The van der Waals surface area contributed by atoms with Crippen LogP contribution in [0.5, 0.6) is 0 Å². The Bertz CT molecular complexity index is 465. The van der Waals surface area contributed by atoms with Crippen LogP contribution in [-0.2, 0) is 4.74 Å². The van der Waals surface area contributed by atoms with E-state index >= 15 is 0 Å². The molecule has 2 rings (SSSR count). The first kappa shape index (κ1) is 9.86. The molecule has 2 aromatic heterocycles. The largest absolute Gasteiger partial charge is 0.465 e. The Balaban J connectivity index is 2.39. The van der Waals surface area contributed by atoms with Crippen LogP contribution in [-0.4, -0.2) is 18.1 Å². The van der Waals surface area contributed by atoms with Crippen molar-refractivity contribution in [1.82, 2.24) is 4.98 Å². The molecule has 0 aliphatic carbocycles. The second-order valence-corrected chi connectivity index (χ2v) is 3.71. The van der Waals surface area contributed by atoms with Crippen molar-refractivity contribution in [3.05, 3.63) is 40.7 Å². The van der Waals surface area contributed by atoms with Gasteiger partial charge >= 0.3 is 5.97 Å². The smallest absolute Gasteiger partial charge is 0.337 e. The van der Waals surface area contributed by atoms with E-state index in [0.717, 1.165) is 11.3 Å². The Kier molecular flexibility index (Phi) is 2.78. The quantitative estimate of drug-likeness (QED) is 0.729. The fourth-order valence-electron chi connectivity index (χ4n) is 1.24. The van der Waals surface area contributed by atoms with E-state index < -0.39 is 0 Å². The Morgan fingerprint density at radius 3 is 3.00 bits per heavy atom. The number of methoxy groups -OCH3 is 1. The van der Waals surface area contributed by atoms with Gasteiger partial charge in [-0.25, -0.2) is 4.79 Å². The predicted octanol–water partition coefficient (Wildman–Crippen LogP) is 2.60. The van der Waals surface area contributed by atoms with Gasteiger partial charge in [-0.15, -0.1) is 0 Å². The highest BCUT2D eigenvalue weighted by atomic mass is 32.1. The predicted molar refractivity (Wildman–Crippen MR) is 58.9 cm³/mol. The van der Waals surface area contributed by atoms with Crippen LogP contribution in [0, 0.1) is 0 Å². The van der Waals surface area contributed by atoms with E-state index in [9.17, 15) is 4.79 Å². The summed E-state index contributed by atoms with van der Waals surface area (Å²) >= 11 is 1.60. The molecule has 0 saturated heterocycles. The highest BCUT2D eigenvalue weighted by molar-refractivity contribution is 7.08. The van der Waals surface area contributed by atoms with E-state index in [-0.39, 0.29) is 5.97 Å². The molecular weight excluding hydrogens is 210 g/mol. The van der Waals surface area contributed by atoms with Gasteiger partial charge in [0.25, 0.3) is 0 Å². The van der Waals surface area contributed by atoms with Gasteiger partial charge in [0.05, 0.1) is 18.4 Å². The first-order valence-corrected chi connectivity index (χ1v) is 5.32. The fraction of sp³-hybridized carbons (Fsp3) is 0.0909. The van der Waals surface area contributed by atoms with Crippen molar-refractivity contribution in [2.45, 2.75) is 0 Å². The first-order chi connectivity index (χ1) is 7.31. The maximum atomic E-state index is 11.3. The van der Waals surface area contributed by atoms with Gasteiger partial charge in [0.2, 0.25) is 0 Å². The number of esters is 1. The zero-order valence-corrected chi connectivity index (χ0v) is 8.95. The lowest BCUT2D eigenvalue weighted by molar-refractivity contribution is 0.0600. The van der Waals surface area contributed by atoms with Gasteiger partial charge < -0.3 is 4.74 Å². The van der Waals surface area contributed by atoms with Crippen LogP contribution in [0.25, 0.3) is 11.3 Å². The zero-order valence-electron chi connectivity index (χ0n) is 8.14. The van der Waals surface area contributed by atoms with Crippen LogP contribution >= 0.6 is 11.3 Å². The molecular formula is C11H9NO2S. The maximum absolute atomic E-state index is 11.3. The molecule has 0 aliphatic heterocycles. The molecule has 0 aromatic carbocycles. The van der Waals surface area contributed by atoms with Gasteiger partial charge in [0.15, 0.2) is 0 Å². The monoisotopic (exact) mass is 219 g/mol. The Morgan fingerprint density at radius 1 is 1.47 bits per heavy atom. The number of hydrogen-bond acceptors (Lipinski definition) is 4. The lowest BCUT2D eigenvalue weighted by Gasteiger charge is -2.00. The summed E-state index contributed by atoms with van der Waals surface area (Å²) in [7, 11) is 1.37. The third-order valence-corrected chi connectivity index (χ3v) is 2.68. The van der Waals surface area contributed by atoms with Crippen LogP contribution in [0.2, 0.25) is 0 Å². The van der Waals surface area contributed by atoms with E-state index in [1.54, 1.807) is 29.7 Å². The molecule has 4 heteroatoms. The van der Waals surface area contributed by atoms with Crippen molar-refractivity contribution in [1.29, 1.82) is 0 Å². The second kappa shape index (κ2) is 4.23. The minimum atomic E-state index is -0.339. The highest BCUT2D eigenvalue weighted by Gasteiger charge is 2.07. The molecule has 0 amide bonds. The van der Waals surface area contributed by atoms with Crippen molar-refractivity contribution < 1.29 is 9.53 Å². The topological polar surface area (TPSA) is 39.2 Å². The van der Waals surface area contributed by atoms with Crippen LogP contribution < -0.4 is 0 Å². The Morgan fingerprint density at radius 2 is 2.33 bits per heavy atom. The van der Waals surface area contributed by atoms with Crippen LogP contribution in [0.3, 0.4) is 0 Å². The molecule has 0 atom stereocenters. The molecule has 0 bridgehead atoms. The third kappa shape index (κ3) is 2.05. The van der Waals surface area contributed by atoms with Crippen LogP contribution in [0.1, 0.15) is 10.4 Å². The lowest BCUT2D eigenvalue weighted by Crippen LogP contribution is -2.01. The molecule has 0 spiro atoms. The molecule has 0 radical (unpaired) electrons. The fourth-order valence-corrected chi connectivity index (χ4v) is 1.89. The molecule has 3 nitrogen and oxygen atoms in total. The van der Waals surface area contributed by atoms with Crippen molar-refractivity contribution in [3.8, 4) is 11.3 Å². The highest BCUT2D eigenvalue weighted by Crippen LogP contribution is 2.20. The number of rotatable bonds is 2. The van der Waals surface area contributed by atoms with E-state index in [2.05, 4.69) is 9.72 Å². The summed E-state index contributed by atoms with van der Waals surface area (Å²) in [6.45, 7) is 0. The number of aromatic nitrogens is 1. The normalized spacial score (nSPS) is 9.93. The summed E-state index contributed by atoms with van der Waals surface area (Å²) in [5.74, 6) is -0.339. The molecule has 0 fully saturated rings. The van der Waals surface area contributed by atoms with Gasteiger partial charge in [-0.3, -0.25) is 4.98 Å². The van der Waals surface area contributed by atoms with Crippen LogP contribution in [0.15, 0.2) is 35.2 Å². The zero-order chi connectivity index (χ0) is 10.7. The number of carbonyl (C=O) groups excluding carboxylic acids is 1. The van der Waals surface area contributed by atoms with Crippen molar-refractivity contribution >= 4 is 17.3 Å². The average Bonchev–Trinajstić information content (AvgIpc) is 2.82. The molecule has 0 aliphatic rings. The molecule has 2 heterocycles. The van der Waals surface area contributed by atoms with Gasteiger partial charge in [-0.1, -0.05) is 0 Å². The van der Waals surface area contributed by atoms with Crippen LogP contribution in [0.4, 0.5) is 0 Å². The van der Waals surface area contributed by atoms with E-state index in [4.69, 9.17) is 0 Å². The minimum absolute atomic E-state index is 0.339. The first-order valence-electron chi connectivity index (χ1n) is 4.38. The molecule has 2 aromatic rings. The number of thiophene rings is 1.